The first-order valence-electron chi connectivity index (χ1n) is 7.02. The monoisotopic (exact) mass is 260 g/mol. The molecule has 0 spiro atoms. The van der Waals surface area contributed by atoms with Crippen molar-refractivity contribution in [2.75, 3.05) is 6.54 Å². The smallest absolute Gasteiger partial charge is 0.221 e. The van der Waals surface area contributed by atoms with Crippen LogP contribution in [0.5, 0.6) is 0 Å². The van der Waals surface area contributed by atoms with Gasteiger partial charge in [-0.15, -0.1) is 0 Å². The van der Waals surface area contributed by atoms with Crippen LogP contribution in [0.15, 0.2) is 24.3 Å². The summed E-state index contributed by atoms with van der Waals surface area (Å²) in [6.45, 7) is 0.723. The van der Waals surface area contributed by atoms with Gasteiger partial charge >= 0.3 is 0 Å². The molecule has 0 aromatic heterocycles. The van der Waals surface area contributed by atoms with Crippen LogP contribution in [0, 0.1) is 0 Å². The minimum Gasteiger partial charge on any atom is -0.390 e. The Morgan fingerprint density at radius 3 is 2.89 bits per heavy atom. The average Bonchev–Trinajstić information content (AvgIpc) is 3.16. The molecule has 3 N–H and O–H groups in total. The van der Waals surface area contributed by atoms with Crippen molar-refractivity contribution < 1.29 is 9.90 Å². The molecule has 3 rings (SSSR count). The van der Waals surface area contributed by atoms with E-state index >= 15 is 0 Å². The summed E-state index contributed by atoms with van der Waals surface area (Å²) in [5.74, 6) is 0.00824. The molecule has 2 aliphatic rings. The predicted molar refractivity (Wildman–Crippen MR) is 72.7 cm³/mol. The zero-order valence-electron chi connectivity index (χ0n) is 10.9. The standard InChI is InChI=1S/C15H20N2O2/c18-13-9-10-3-1-2-4-12(10)15(13)17-14(19)7-8-16-11-5-6-11/h1-4,11,13,15-16,18H,5-9H2,(H,17,19)/t13-,15+/m0/s1. The van der Waals surface area contributed by atoms with E-state index < -0.39 is 6.10 Å². The lowest BCUT2D eigenvalue weighted by molar-refractivity contribution is -0.122. The first-order valence-corrected chi connectivity index (χ1v) is 7.02. The van der Waals surface area contributed by atoms with E-state index in [1.165, 1.54) is 12.8 Å². The van der Waals surface area contributed by atoms with Crippen molar-refractivity contribution in [3.8, 4) is 0 Å². The second-order valence-electron chi connectivity index (χ2n) is 5.49. The van der Waals surface area contributed by atoms with Crippen LogP contribution >= 0.6 is 0 Å². The first-order chi connectivity index (χ1) is 9.24. The molecule has 0 unspecified atom stereocenters. The first kappa shape index (κ1) is 12.6. The van der Waals surface area contributed by atoms with Crippen LogP contribution in [0.3, 0.4) is 0 Å². The number of hydrogen-bond acceptors (Lipinski definition) is 3. The number of aliphatic hydroxyl groups is 1. The number of rotatable bonds is 5. The van der Waals surface area contributed by atoms with E-state index in [9.17, 15) is 9.90 Å². The van der Waals surface area contributed by atoms with E-state index in [0.29, 0.717) is 18.9 Å². The van der Waals surface area contributed by atoms with Gasteiger partial charge in [0.15, 0.2) is 0 Å². The van der Waals surface area contributed by atoms with Gasteiger partial charge in [0.25, 0.3) is 0 Å². The van der Waals surface area contributed by atoms with Crippen LogP contribution in [0.1, 0.15) is 36.4 Å². The van der Waals surface area contributed by atoms with E-state index in [1.54, 1.807) is 0 Å². The quantitative estimate of drug-likeness (QED) is 0.737. The molecule has 0 aliphatic heterocycles. The van der Waals surface area contributed by atoms with Crippen molar-refractivity contribution >= 4 is 5.91 Å². The van der Waals surface area contributed by atoms with Crippen molar-refractivity contribution in [2.24, 2.45) is 0 Å². The van der Waals surface area contributed by atoms with Crippen molar-refractivity contribution in [1.82, 2.24) is 10.6 Å². The molecule has 4 nitrogen and oxygen atoms in total. The highest BCUT2D eigenvalue weighted by Crippen LogP contribution is 2.31. The number of nitrogens with one attached hydrogen (secondary N) is 2. The summed E-state index contributed by atoms with van der Waals surface area (Å²) in [4.78, 5) is 11.9. The van der Waals surface area contributed by atoms with Gasteiger partial charge in [-0.2, -0.15) is 0 Å². The summed E-state index contributed by atoms with van der Waals surface area (Å²) < 4.78 is 0. The van der Waals surface area contributed by atoms with Gasteiger partial charge in [-0.05, 0) is 24.0 Å². The van der Waals surface area contributed by atoms with Crippen LogP contribution in [0.4, 0.5) is 0 Å². The Kier molecular flexibility index (Phi) is 3.53. The molecular formula is C15H20N2O2. The molecule has 4 heteroatoms. The SMILES string of the molecule is O=C(CCNC1CC1)N[C@@H]1c2ccccc2C[C@@H]1O. The molecule has 2 aliphatic carbocycles. The Balaban J connectivity index is 1.55. The molecule has 1 fully saturated rings. The number of benzene rings is 1. The molecule has 102 valence electrons. The number of hydrogen-bond donors (Lipinski definition) is 3. The Hall–Kier alpha value is -1.39. The third-order valence-corrected chi connectivity index (χ3v) is 3.88. The van der Waals surface area contributed by atoms with Gasteiger partial charge in [0, 0.05) is 25.4 Å². The lowest BCUT2D eigenvalue weighted by Gasteiger charge is -2.18. The zero-order chi connectivity index (χ0) is 13.2. The Bertz CT molecular complexity index is 471. The van der Waals surface area contributed by atoms with E-state index in [0.717, 1.165) is 17.7 Å². The van der Waals surface area contributed by atoms with Crippen molar-refractivity contribution in [3.05, 3.63) is 35.4 Å². The fourth-order valence-electron chi connectivity index (χ4n) is 2.67. The maximum Gasteiger partial charge on any atom is 0.221 e. The minimum atomic E-state index is -0.502. The van der Waals surface area contributed by atoms with Gasteiger partial charge in [0.1, 0.15) is 0 Å². The zero-order valence-corrected chi connectivity index (χ0v) is 10.9. The molecular weight excluding hydrogens is 240 g/mol. The number of carbonyl (C=O) groups is 1. The Morgan fingerprint density at radius 1 is 1.32 bits per heavy atom. The molecule has 2 atom stereocenters. The Morgan fingerprint density at radius 2 is 2.11 bits per heavy atom. The van der Waals surface area contributed by atoms with Crippen LogP contribution in [-0.4, -0.2) is 29.7 Å². The molecule has 0 heterocycles. The summed E-state index contributed by atoms with van der Waals surface area (Å²) in [7, 11) is 0. The highest BCUT2D eigenvalue weighted by molar-refractivity contribution is 5.77. The van der Waals surface area contributed by atoms with Gasteiger partial charge < -0.3 is 15.7 Å². The maximum atomic E-state index is 11.9. The largest absolute Gasteiger partial charge is 0.390 e. The number of carbonyl (C=O) groups excluding carboxylic acids is 1. The van der Waals surface area contributed by atoms with Gasteiger partial charge in [-0.3, -0.25) is 4.79 Å². The molecule has 1 amide bonds. The second kappa shape index (κ2) is 5.31. The van der Waals surface area contributed by atoms with Gasteiger partial charge in [0.2, 0.25) is 5.91 Å². The molecule has 19 heavy (non-hydrogen) atoms. The van der Waals surface area contributed by atoms with Gasteiger partial charge in [0.05, 0.1) is 12.1 Å². The molecule has 1 saturated carbocycles. The van der Waals surface area contributed by atoms with E-state index in [1.807, 2.05) is 24.3 Å². The third kappa shape index (κ3) is 2.96. The third-order valence-electron chi connectivity index (χ3n) is 3.88. The number of aliphatic hydroxyl groups excluding tert-OH is 1. The number of amides is 1. The van der Waals surface area contributed by atoms with Gasteiger partial charge in [-0.25, -0.2) is 0 Å². The summed E-state index contributed by atoms with van der Waals surface area (Å²) in [5, 5.41) is 16.3. The predicted octanol–water partition coefficient (Wildman–Crippen LogP) is 0.903. The lowest BCUT2D eigenvalue weighted by Crippen LogP contribution is -2.35. The summed E-state index contributed by atoms with van der Waals surface area (Å²) in [6.07, 6.45) is 3.06. The molecule has 1 aromatic rings. The summed E-state index contributed by atoms with van der Waals surface area (Å²) in [6, 6.07) is 8.30. The van der Waals surface area contributed by atoms with E-state index in [-0.39, 0.29) is 11.9 Å². The Labute approximate surface area is 113 Å². The maximum absolute atomic E-state index is 11.9. The van der Waals surface area contributed by atoms with Crippen LogP contribution < -0.4 is 10.6 Å². The van der Waals surface area contributed by atoms with Crippen LogP contribution in [-0.2, 0) is 11.2 Å². The molecule has 0 saturated heterocycles. The summed E-state index contributed by atoms with van der Waals surface area (Å²) >= 11 is 0. The highest BCUT2D eigenvalue weighted by Gasteiger charge is 2.31. The lowest BCUT2D eigenvalue weighted by atomic mass is 10.1. The van der Waals surface area contributed by atoms with Gasteiger partial charge in [-0.1, -0.05) is 24.3 Å². The molecule has 0 bridgehead atoms. The van der Waals surface area contributed by atoms with Crippen LogP contribution in [0.2, 0.25) is 0 Å². The highest BCUT2D eigenvalue weighted by atomic mass is 16.3. The second-order valence-corrected chi connectivity index (χ2v) is 5.49. The molecule has 0 radical (unpaired) electrons. The van der Waals surface area contributed by atoms with Crippen molar-refractivity contribution in [2.45, 2.75) is 43.9 Å². The molecule has 1 aromatic carbocycles. The van der Waals surface area contributed by atoms with E-state index in [2.05, 4.69) is 10.6 Å². The fraction of sp³-hybridized carbons (Fsp3) is 0.533. The fourth-order valence-corrected chi connectivity index (χ4v) is 2.67. The summed E-state index contributed by atoms with van der Waals surface area (Å²) in [5.41, 5.74) is 2.19. The van der Waals surface area contributed by atoms with E-state index in [4.69, 9.17) is 0 Å². The van der Waals surface area contributed by atoms with Crippen molar-refractivity contribution in [1.29, 1.82) is 0 Å². The normalized spacial score (nSPS) is 25.1. The average molecular weight is 260 g/mol. The topological polar surface area (TPSA) is 61.4 Å². The minimum absolute atomic E-state index is 0.00824. The van der Waals surface area contributed by atoms with Crippen LogP contribution in [0.25, 0.3) is 0 Å². The number of fused-ring (bicyclic) bond motifs is 1. The van der Waals surface area contributed by atoms with Crippen molar-refractivity contribution in [3.63, 3.8) is 0 Å².